The highest BCUT2D eigenvalue weighted by Gasteiger charge is 2.42. The highest BCUT2D eigenvalue weighted by molar-refractivity contribution is 9.10. The molecule has 0 spiro atoms. The maximum absolute atomic E-state index is 5.96. The number of ether oxygens (including phenoxy) is 1. The van der Waals surface area contributed by atoms with Crippen molar-refractivity contribution in [2.24, 2.45) is 5.73 Å². The molecule has 0 aliphatic carbocycles. The second-order valence-corrected chi connectivity index (χ2v) is 5.51. The van der Waals surface area contributed by atoms with E-state index in [1.54, 1.807) is 0 Å². The van der Waals surface area contributed by atoms with Gasteiger partial charge in [0, 0.05) is 22.9 Å². The van der Waals surface area contributed by atoms with Gasteiger partial charge in [0.15, 0.2) is 0 Å². The molecule has 0 unspecified atom stereocenters. The van der Waals surface area contributed by atoms with Gasteiger partial charge in [0.1, 0.15) is 0 Å². The Morgan fingerprint density at radius 1 is 1.47 bits per heavy atom. The Morgan fingerprint density at radius 2 is 2.24 bits per heavy atom. The number of aromatic nitrogens is 1. The molecule has 2 aromatic rings. The standard InChI is InChI=1S/C13H15BrN2O/c1-9-11(14)10-4-2-3-5-16(10)12(9)13(6-15)7-17-8-13/h2-5H,6-8,15H2,1H3. The molecular formula is C13H15BrN2O. The number of nitrogens with two attached hydrogens (primary N) is 1. The van der Waals surface area contributed by atoms with E-state index in [0.717, 1.165) is 17.7 Å². The molecule has 0 aromatic carbocycles. The number of pyridine rings is 1. The summed E-state index contributed by atoms with van der Waals surface area (Å²) in [6, 6.07) is 6.21. The monoisotopic (exact) mass is 294 g/mol. The van der Waals surface area contributed by atoms with Gasteiger partial charge in [0.25, 0.3) is 0 Å². The molecule has 3 heterocycles. The molecule has 0 amide bonds. The lowest BCUT2D eigenvalue weighted by Gasteiger charge is -2.41. The van der Waals surface area contributed by atoms with Crippen LogP contribution in [0.25, 0.3) is 5.52 Å². The van der Waals surface area contributed by atoms with E-state index in [1.165, 1.54) is 16.8 Å². The second kappa shape index (κ2) is 3.83. The molecule has 0 saturated carbocycles. The van der Waals surface area contributed by atoms with Crippen molar-refractivity contribution in [3.8, 4) is 0 Å². The summed E-state index contributed by atoms with van der Waals surface area (Å²) in [4.78, 5) is 0. The molecule has 1 saturated heterocycles. The molecule has 1 aliphatic heterocycles. The molecule has 3 rings (SSSR count). The first kappa shape index (κ1) is 11.3. The largest absolute Gasteiger partial charge is 0.379 e. The Balaban J connectivity index is 2.32. The number of hydrogen-bond acceptors (Lipinski definition) is 2. The van der Waals surface area contributed by atoms with E-state index in [4.69, 9.17) is 10.5 Å². The quantitative estimate of drug-likeness (QED) is 0.923. The van der Waals surface area contributed by atoms with Crippen LogP contribution in [0.15, 0.2) is 28.9 Å². The predicted molar refractivity (Wildman–Crippen MR) is 71.4 cm³/mol. The molecule has 4 heteroatoms. The average Bonchev–Trinajstić information content (AvgIpc) is 2.55. The third-order valence-corrected chi connectivity index (χ3v) is 4.66. The second-order valence-electron chi connectivity index (χ2n) is 4.72. The smallest absolute Gasteiger partial charge is 0.0701 e. The third-order valence-electron chi connectivity index (χ3n) is 3.66. The Kier molecular flexibility index (Phi) is 2.54. The van der Waals surface area contributed by atoms with Crippen LogP contribution in [0.3, 0.4) is 0 Å². The maximum Gasteiger partial charge on any atom is 0.0701 e. The SMILES string of the molecule is Cc1c(Br)c2ccccn2c1C1(CN)COC1. The fourth-order valence-corrected chi connectivity index (χ4v) is 3.16. The predicted octanol–water partition coefficient (Wildman–Crippen LogP) is 2.24. The lowest BCUT2D eigenvalue weighted by molar-refractivity contribution is -0.0577. The van der Waals surface area contributed by atoms with Crippen molar-refractivity contribution in [1.29, 1.82) is 0 Å². The normalized spacial score (nSPS) is 18.3. The van der Waals surface area contributed by atoms with E-state index in [0.29, 0.717) is 6.54 Å². The number of rotatable bonds is 2. The average molecular weight is 295 g/mol. The van der Waals surface area contributed by atoms with Crippen molar-refractivity contribution in [3.63, 3.8) is 0 Å². The van der Waals surface area contributed by atoms with Gasteiger partial charge in [0.05, 0.1) is 24.1 Å². The summed E-state index contributed by atoms with van der Waals surface area (Å²) in [6.45, 7) is 4.21. The molecule has 3 nitrogen and oxygen atoms in total. The van der Waals surface area contributed by atoms with Gasteiger partial charge in [-0.05, 0) is 40.5 Å². The molecule has 2 aromatic heterocycles. The molecule has 0 radical (unpaired) electrons. The molecule has 90 valence electrons. The molecule has 0 atom stereocenters. The lowest BCUT2D eigenvalue weighted by atomic mass is 9.81. The van der Waals surface area contributed by atoms with E-state index in [9.17, 15) is 0 Å². The molecular weight excluding hydrogens is 280 g/mol. The van der Waals surface area contributed by atoms with Crippen molar-refractivity contribution in [1.82, 2.24) is 4.40 Å². The minimum Gasteiger partial charge on any atom is -0.379 e. The van der Waals surface area contributed by atoms with Crippen LogP contribution >= 0.6 is 15.9 Å². The minimum absolute atomic E-state index is 0.0135. The molecule has 17 heavy (non-hydrogen) atoms. The van der Waals surface area contributed by atoms with Crippen LogP contribution in [0.5, 0.6) is 0 Å². The molecule has 2 N–H and O–H groups in total. The minimum atomic E-state index is -0.0135. The van der Waals surface area contributed by atoms with Crippen molar-refractivity contribution in [3.05, 3.63) is 40.1 Å². The van der Waals surface area contributed by atoms with Crippen molar-refractivity contribution >= 4 is 21.4 Å². The maximum atomic E-state index is 5.96. The van der Waals surface area contributed by atoms with Gasteiger partial charge in [-0.2, -0.15) is 0 Å². The van der Waals surface area contributed by atoms with E-state index < -0.39 is 0 Å². The Bertz CT molecular complexity index is 567. The summed E-state index contributed by atoms with van der Waals surface area (Å²) in [5, 5.41) is 0. The number of fused-ring (bicyclic) bond motifs is 1. The first-order valence-corrected chi connectivity index (χ1v) is 6.52. The van der Waals surface area contributed by atoms with E-state index in [-0.39, 0.29) is 5.41 Å². The zero-order chi connectivity index (χ0) is 12.0. The summed E-state index contributed by atoms with van der Waals surface area (Å²) in [5.41, 5.74) is 9.70. The fraction of sp³-hybridized carbons (Fsp3) is 0.385. The summed E-state index contributed by atoms with van der Waals surface area (Å²) in [6.07, 6.45) is 2.10. The fourth-order valence-electron chi connectivity index (χ4n) is 2.65. The summed E-state index contributed by atoms with van der Waals surface area (Å²) >= 11 is 3.67. The number of nitrogens with zero attached hydrogens (tertiary/aromatic N) is 1. The molecule has 1 aliphatic rings. The van der Waals surface area contributed by atoms with Gasteiger partial charge >= 0.3 is 0 Å². The Hall–Kier alpha value is -0.840. The first-order valence-electron chi connectivity index (χ1n) is 5.73. The molecule has 1 fully saturated rings. The van der Waals surface area contributed by atoms with Gasteiger partial charge in [0.2, 0.25) is 0 Å². The highest BCUT2D eigenvalue weighted by atomic mass is 79.9. The van der Waals surface area contributed by atoms with Crippen LogP contribution in [0.1, 0.15) is 11.3 Å². The zero-order valence-electron chi connectivity index (χ0n) is 9.74. The summed E-state index contributed by atoms with van der Waals surface area (Å²) in [7, 11) is 0. The van der Waals surface area contributed by atoms with Crippen LogP contribution in [-0.4, -0.2) is 24.2 Å². The third kappa shape index (κ3) is 1.41. The van der Waals surface area contributed by atoms with Crippen molar-refractivity contribution < 1.29 is 4.74 Å². The van der Waals surface area contributed by atoms with Gasteiger partial charge in [-0.3, -0.25) is 0 Å². The first-order chi connectivity index (χ1) is 8.19. The zero-order valence-corrected chi connectivity index (χ0v) is 11.3. The van der Waals surface area contributed by atoms with Crippen LogP contribution in [-0.2, 0) is 10.2 Å². The Labute approximate surface area is 109 Å². The Morgan fingerprint density at radius 3 is 2.82 bits per heavy atom. The van der Waals surface area contributed by atoms with Gasteiger partial charge in [-0.15, -0.1) is 0 Å². The van der Waals surface area contributed by atoms with Crippen molar-refractivity contribution in [2.45, 2.75) is 12.3 Å². The topological polar surface area (TPSA) is 39.7 Å². The number of hydrogen-bond donors (Lipinski definition) is 1. The lowest BCUT2D eigenvalue weighted by Crippen LogP contribution is -2.53. The number of halogens is 1. The van der Waals surface area contributed by atoms with E-state index >= 15 is 0 Å². The van der Waals surface area contributed by atoms with Crippen LogP contribution in [0.4, 0.5) is 0 Å². The summed E-state index contributed by atoms with van der Waals surface area (Å²) < 4.78 is 8.78. The van der Waals surface area contributed by atoms with E-state index in [2.05, 4.69) is 45.6 Å². The van der Waals surface area contributed by atoms with Gasteiger partial charge in [-0.25, -0.2) is 0 Å². The highest BCUT2D eigenvalue weighted by Crippen LogP contribution is 2.39. The van der Waals surface area contributed by atoms with Crippen LogP contribution < -0.4 is 5.73 Å². The van der Waals surface area contributed by atoms with E-state index in [1.807, 2.05) is 6.07 Å². The van der Waals surface area contributed by atoms with Crippen molar-refractivity contribution in [2.75, 3.05) is 19.8 Å². The van der Waals surface area contributed by atoms with Gasteiger partial charge < -0.3 is 14.9 Å². The van der Waals surface area contributed by atoms with Crippen LogP contribution in [0.2, 0.25) is 0 Å². The van der Waals surface area contributed by atoms with Gasteiger partial charge in [-0.1, -0.05) is 6.07 Å². The summed E-state index contributed by atoms with van der Waals surface area (Å²) in [5.74, 6) is 0. The molecule has 0 bridgehead atoms. The van der Waals surface area contributed by atoms with Crippen LogP contribution in [0, 0.1) is 6.92 Å².